The van der Waals surface area contributed by atoms with Gasteiger partial charge in [0.1, 0.15) is 5.75 Å². The monoisotopic (exact) mass is 452 g/mol. The highest BCUT2D eigenvalue weighted by atomic mass is 35.5. The van der Waals surface area contributed by atoms with E-state index in [9.17, 15) is 9.90 Å². The lowest BCUT2D eigenvalue weighted by molar-refractivity contribution is 0.102. The van der Waals surface area contributed by atoms with E-state index in [2.05, 4.69) is 10.2 Å². The van der Waals surface area contributed by atoms with Crippen LogP contribution in [0.15, 0.2) is 60.7 Å². The van der Waals surface area contributed by atoms with Crippen LogP contribution in [-0.4, -0.2) is 43.7 Å². The molecule has 3 aromatic carbocycles. The highest BCUT2D eigenvalue weighted by molar-refractivity contribution is 6.33. The number of methoxy groups -OCH3 is 1. The van der Waals surface area contributed by atoms with Gasteiger partial charge >= 0.3 is 0 Å². The van der Waals surface area contributed by atoms with Crippen molar-refractivity contribution >= 4 is 23.2 Å². The first kappa shape index (κ1) is 23.8. The summed E-state index contributed by atoms with van der Waals surface area (Å²) in [5, 5.41) is 12.8. The topological polar surface area (TPSA) is 61.8 Å². The van der Waals surface area contributed by atoms with Gasteiger partial charge in [-0.3, -0.25) is 4.79 Å². The molecule has 0 bridgehead atoms. The minimum absolute atomic E-state index is 0.0479. The average Bonchev–Trinajstić information content (AvgIpc) is 2.79. The number of carbonyl (C=O) groups is 1. The maximum Gasteiger partial charge on any atom is 0.255 e. The number of hydrogen-bond acceptors (Lipinski definition) is 4. The molecule has 6 heteroatoms. The van der Waals surface area contributed by atoms with Crippen LogP contribution in [0.4, 0.5) is 5.69 Å². The van der Waals surface area contributed by atoms with Gasteiger partial charge in [0.2, 0.25) is 0 Å². The van der Waals surface area contributed by atoms with Gasteiger partial charge in [0.15, 0.2) is 0 Å². The summed E-state index contributed by atoms with van der Waals surface area (Å²) in [7, 11) is 5.74. The van der Waals surface area contributed by atoms with E-state index in [1.54, 1.807) is 19.2 Å². The Morgan fingerprint density at radius 3 is 2.44 bits per heavy atom. The minimum Gasteiger partial charge on any atom is -0.496 e. The van der Waals surface area contributed by atoms with Gasteiger partial charge in [0.25, 0.3) is 5.91 Å². The molecule has 5 nitrogen and oxygen atoms in total. The first-order valence-electron chi connectivity index (χ1n) is 10.5. The number of nitrogens with one attached hydrogen (secondary N) is 1. The first-order chi connectivity index (χ1) is 15.4. The third-order valence-corrected chi connectivity index (χ3v) is 5.58. The van der Waals surface area contributed by atoms with Crippen molar-refractivity contribution in [2.45, 2.75) is 19.4 Å². The Hall–Kier alpha value is -2.86. The van der Waals surface area contributed by atoms with Crippen LogP contribution in [0.2, 0.25) is 5.02 Å². The fourth-order valence-electron chi connectivity index (χ4n) is 3.53. The molecule has 32 heavy (non-hydrogen) atoms. The van der Waals surface area contributed by atoms with Crippen LogP contribution in [0.25, 0.3) is 11.1 Å². The molecule has 0 aromatic heterocycles. The zero-order chi connectivity index (χ0) is 23.1. The van der Waals surface area contributed by atoms with E-state index in [0.717, 1.165) is 47.4 Å². The van der Waals surface area contributed by atoms with Crippen molar-refractivity contribution in [1.29, 1.82) is 0 Å². The van der Waals surface area contributed by atoms with Crippen LogP contribution in [-0.2, 0) is 13.0 Å². The van der Waals surface area contributed by atoms with Crippen LogP contribution in [0.5, 0.6) is 5.75 Å². The van der Waals surface area contributed by atoms with E-state index >= 15 is 0 Å². The summed E-state index contributed by atoms with van der Waals surface area (Å²) < 4.78 is 5.47. The Bertz CT molecular complexity index is 1070. The number of aliphatic hydroxyl groups is 1. The molecular weight excluding hydrogens is 424 g/mol. The maximum atomic E-state index is 12.8. The van der Waals surface area contributed by atoms with Gasteiger partial charge in [-0.2, -0.15) is 0 Å². The van der Waals surface area contributed by atoms with Crippen molar-refractivity contribution in [3.8, 4) is 16.9 Å². The largest absolute Gasteiger partial charge is 0.496 e. The SMILES string of the molecule is COc1ccc(C(=O)Nc2ccc(-c3ccc(CO)cc3Cl)cc2)cc1CCCN(C)C. The van der Waals surface area contributed by atoms with E-state index in [4.69, 9.17) is 16.3 Å². The lowest BCUT2D eigenvalue weighted by Crippen LogP contribution is -2.14. The first-order valence-corrected chi connectivity index (χ1v) is 10.9. The van der Waals surface area contributed by atoms with E-state index in [1.165, 1.54) is 0 Å². The number of nitrogens with zero attached hydrogens (tertiary/aromatic N) is 1. The number of carbonyl (C=O) groups excluding carboxylic acids is 1. The van der Waals surface area contributed by atoms with E-state index in [1.807, 2.05) is 62.6 Å². The van der Waals surface area contributed by atoms with Crippen molar-refractivity contribution in [3.63, 3.8) is 0 Å². The maximum absolute atomic E-state index is 12.8. The summed E-state index contributed by atoms with van der Waals surface area (Å²) in [6.07, 6.45) is 1.82. The molecule has 0 atom stereocenters. The molecule has 0 spiro atoms. The smallest absolute Gasteiger partial charge is 0.255 e. The van der Waals surface area contributed by atoms with Crippen LogP contribution < -0.4 is 10.1 Å². The Morgan fingerprint density at radius 1 is 1.06 bits per heavy atom. The molecule has 3 aromatic rings. The van der Waals surface area contributed by atoms with Crippen LogP contribution in [0.1, 0.15) is 27.9 Å². The zero-order valence-corrected chi connectivity index (χ0v) is 19.4. The zero-order valence-electron chi connectivity index (χ0n) is 18.7. The van der Waals surface area contributed by atoms with Crippen LogP contribution in [0.3, 0.4) is 0 Å². The number of ether oxygens (including phenoxy) is 1. The molecule has 0 unspecified atom stereocenters. The molecule has 3 rings (SSSR count). The highest BCUT2D eigenvalue weighted by Gasteiger charge is 2.12. The molecule has 0 saturated carbocycles. The van der Waals surface area contributed by atoms with Crippen molar-refractivity contribution in [2.75, 3.05) is 33.1 Å². The molecule has 0 heterocycles. The Kier molecular flexibility index (Phi) is 8.28. The number of rotatable bonds is 9. The van der Waals surface area contributed by atoms with Gasteiger partial charge in [-0.15, -0.1) is 0 Å². The average molecular weight is 453 g/mol. The Balaban J connectivity index is 1.71. The summed E-state index contributed by atoms with van der Waals surface area (Å²) in [5.41, 5.74) is 4.90. The fraction of sp³-hybridized carbons (Fsp3) is 0.269. The third-order valence-electron chi connectivity index (χ3n) is 5.26. The van der Waals surface area contributed by atoms with Gasteiger partial charge in [-0.05, 0) is 86.6 Å². The lowest BCUT2D eigenvalue weighted by atomic mass is 10.0. The second kappa shape index (κ2) is 11.1. The highest BCUT2D eigenvalue weighted by Crippen LogP contribution is 2.30. The van der Waals surface area contributed by atoms with Crippen LogP contribution >= 0.6 is 11.6 Å². The number of halogens is 1. The predicted octanol–water partition coefficient (Wildman–Crippen LogP) is 5.25. The van der Waals surface area contributed by atoms with Gasteiger partial charge in [0.05, 0.1) is 13.7 Å². The van der Waals surface area contributed by atoms with Gasteiger partial charge in [-0.25, -0.2) is 0 Å². The van der Waals surface area contributed by atoms with Crippen molar-refractivity contribution < 1.29 is 14.6 Å². The Morgan fingerprint density at radius 2 is 1.81 bits per heavy atom. The predicted molar refractivity (Wildman–Crippen MR) is 131 cm³/mol. The molecule has 1 amide bonds. The van der Waals surface area contributed by atoms with Crippen molar-refractivity contribution in [1.82, 2.24) is 4.90 Å². The van der Waals surface area contributed by atoms with Gasteiger partial charge < -0.3 is 20.1 Å². The van der Waals surface area contributed by atoms with E-state index in [0.29, 0.717) is 16.3 Å². The molecular formula is C26H29ClN2O3. The van der Waals surface area contributed by atoms with E-state index < -0.39 is 0 Å². The standard InChI is InChI=1S/C26H29ClN2O3/c1-29(2)14-4-5-20-16-21(9-13-25(20)32-3)26(31)28-22-10-7-19(8-11-22)23-12-6-18(17-30)15-24(23)27/h6-13,15-16,30H,4-5,14,17H2,1-3H3,(H,28,31). The normalized spacial score (nSPS) is 10.9. The number of benzene rings is 3. The molecule has 0 saturated heterocycles. The quantitative estimate of drug-likeness (QED) is 0.465. The molecule has 0 aliphatic carbocycles. The van der Waals surface area contributed by atoms with Crippen molar-refractivity contribution in [3.05, 3.63) is 82.4 Å². The molecule has 0 fully saturated rings. The second-order valence-electron chi connectivity index (χ2n) is 7.94. The van der Waals surface area contributed by atoms with Crippen molar-refractivity contribution in [2.24, 2.45) is 0 Å². The Labute approximate surface area is 194 Å². The summed E-state index contributed by atoms with van der Waals surface area (Å²) in [5.74, 6) is 0.633. The summed E-state index contributed by atoms with van der Waals surface area (Å²) in [6.45, 7) is 0.923. The van der Waals surface area contributed by atoms with Gasteiger partial charge in [-0.1, -0.05) is 35.9 Å². The second-order valence-corrected chi connectivity index (χ2v) is 8.34. The number of anilines is 1. The summed E-state index contributed by atoms with van der Waals surface area (Å²) in [6, 6.07) is 18.5. The molecule has 0 radical (unpaired) electrons. The number of aliphatic hydroxyl groups excluding tert-OH is 1. The number of hydrogen-bond donors (Lipinski definition) is 2. The van der Waals surface area contributed by atoms with E-state index in [-0.39, 0.29) is 12.5 Å². The molecule has 0 aliphatic heterocycles. The molecule has 2 N–H and O–H groups in total. The summed E-state index contributed by atoms with van der Waals surface area (Å²) in [4.78, 5) is 15.0. The third kappa shape index (κ3) is 6.10. The minimum atomic E-state index is -0.167. The van der Waals surface area contributed by atoms with Crippen LogP contribution in [0, 0.1) is 0 Å². The number of aryl methyl sites for hydroxylation is 1. The fourth-order valence-corrected chi connectivity index (χ4v) is 3.84. The lowest BCUT2D eigenvalue weighted by Gasteiger charge is -2.13. The summed E-state index contributed by atoms with van der Waals surface area (Å²) >= 11 is 6.35. The van der Waals surface area contributed by atoms with Gasteiger partial charge in [0, 0.05) is 21.8 Å². The number of amides is 1. The molecule has 168 valence electrons. The molecule has 0 aliphatic rings.